The molecule has 20 heterocycles. The summed E-state index contributed by atoms with van der Waals surface area (Å²) < 4.78 is 32.5. The number of alkyl halides is 2. The minimum atomic E-state index is -2.56. The maximum absolute atomic E-state index is 13.5. The van der Waals surface area contributed by atoms with E-state index in [0.29, 0.717) is 70.5 Å². The van der Waals surface area contributed by atoms with Crippen molar-refractivity contribution in [3.05, 3.63) is 271 Å². The van der Waals surface area contributed by atoms with Crippen molar-refractivity contribution < 1.29 is 32.7 Å². The predicted molar refractivity (Wildman–Crippen MR) is 564 cm³/mol. The molecule has 8 saturated heterocycles. The zero-order valence-electron chi connectivity index (χ0n) is 81.9. The van der Waals surface area contributed by atoms with E-state index in [1.165, 1.54) is 83.5 Å². The highest BCUT2D eigenvalue weighted by Gasteiger charge is 2.35. The average Bonchev–Trinajstić information content (AvgIpc) is 1.72. The number of nitrogens with one attached hydrogen (secondary N) is 8. The summed E-state index contributed by atoms with van der Waals surface area (Å²) in [6, 6.07) is 47.8. The predicted octanol–water partition coefficient (Wildman–Crippen LogP) is 18.1. The zero-order valence-corrected chi connectivity index (χ0v) is 81.9. The largest absolute Gasteiger partial charge is 0.378 e. The molecule has 748 valence electrons. The van der Waals surface area contributed by atoms with Crippen molar-refractivity contribution in [2.45, 2.75) is 135 Å². The number of nitrogens with zero attached hydrogens (tertiary/aromatic N) is 20. The molecule has 8 fully saturated rings. The molecule has 35 heteroatoms. The highest BCUT2D eigenvalue weighted by molar-refractivity contribution is 6.15. The van der Waals surface area contributed by atoms with Crippen LogP contribution in [-0.4, -0.2) is 253 Å². The van der Waals surface area contributed by atoms with Crippen molar-refractivity contribution >= 4 is 107 Å². The fourth-order valence-corrected chi connectivity index (χ4v) is 20.5. The summed E-state index contributed by atoms with van der Waals surface area (Å²) >= 11 is 0. The van der Waals surface area contributed by atoms with E-state index < -0.39 is 5.92 Å². The molecule has 0 saturated carbocycles. The number of piperidine rings is 2. The van der Waals surface area contributed by atoms with Gasteiger partial charge >= 0.3 is 0 Å². The van der Waals surface area contributed by atoms with Gasteiger partial charge in [0.15, 0.2) is 22.8 Å². The Kier molecular flexibility index (Phi) is 30.2. The number of morpholine rings is 1. The van der Waals surface area contributed by atoms with E-state index in [9.17, 15) is 28.0 Å². The fourth-order valence-electron chi connectivity index (χ4n) is 20.5. The Morgan fingerprint density at radius 3 is 0.856 bits per heavy atom. The number of H-pyrrole nitrogens is 4. The number of halogens is 2. The van der Waals surface area contributed by atoms with E-state index in [4.69, 9.17) is 4.74 Å². The highest BCUT2D eigenvalue weighted by atomic mass is 19.3. The van der Waals surface area contributed by atoms with Crippen molar-refractivity contribution in [1.29, 1.82) is 0 Å². The van der Waals surface area contributed by atoms with E-state index in [1.807, 2.05) is 169 Å². The Hall–Kier alpha value is -15.1. The Morgan fingerprint density at radius 1 is 0.281 bits per heavy atom. The molecule has 4 amide bonds. The molecule has 8 aliphatic heterocycles. The minimum absolute atomic E-state index is 0.110. The summed E-state index contributed by atoms with van der Waals surface area (Å²) in [6.07, 6.45) is 37.7. The number of ether oxygens (including phenoxy) is 1. The van der Waals surface area contributed by atoms with Gasteiger partial charge in [0, 0.05) is 173 Å². The van der Waals surface area contributed by atoms with E-state index in [0.717, 1.165) is 259 Å². The number of aromatic amines is 4. The van der Waals surface area contributed by atoms with Crippen molar-refractivity contribution in [2.75, 3.05) is 154 Å². The van der Waals surface area contributed by atoms with Crippen molar-refractivity contribution in [3.8, 4) is 44.5 Å². The molecule has 33 nitrogen and oxygen atoms in total. The molecule has 146 heavy (non-hydrogen) atoms. The van der Waals surface area contributed by atoms with Gasteiger partial charge in [-0.2, -0.15) is 20.4 Å². The quantitative estimate of drug-likeness (QED) is 0.0263. The number of hydrogen-bond donors (Lipinski definition) is 8. The third-order valence-corrected chi connectivity index (χ3v) is 28.6. The van der Waals surface area contributed by atoms with E-state index >= 15 is 0 Å². The van der Waals surface area contributed by atoms with Crippen LogP contribution in [0.3, 0.4) is 0 Å². The van der Waals surface area contributed by atoms with Crippen LogP contribution >= 0.6 is 0 Å². The number of rotatable bonds is 25. The molecule has 0 aliphatic carbocycles. The number of amides is 4. The molecule has 8 N–H and O–H groups in total. The van der Waals surface area contributed by atoms with E-state index in [-0.39, 0.29) is 36.5 Å². The molecule has 4 aromatic carbocycles. The Bertz CT molecular complexity index is 7000. The van der Waals surface area contributed by atoms with Gasteiger partial charge in [-0.3, -0.25) is 104 Å². The van der Waals surface area contributed by atoms with Gasteiger partial charge in [0.2, 0.25) is 0 Å². The maximum Gasteiger partial charge on any atom is 0.276 e. The number of anilines is 7. The van der Waals surface area contributed by atoms with E-state index in [1.54, 1.807) is 37.2 Å². The first kappa shape index (κ1) is 97.0. The van der Waals surface area contributed by atoms with Gasteiger partial charge in [0.05, 0.1) is 141 Å². The lowest BCUT2D eigenvalue weighted by molar-refractivity contribution is -0.0566. The third kappa shape index (κ3) is 24.1. The average molecular weight is 1960 g/mol. The smallest absolute Gasteiger partial charge is 0.276 e. The van der Waals surface area contributed by atoms with Crippen LogP contribution in [0.5, 0.6) is 0 Å². The summed E-state index contributed by atoms with van der Waals surface area (Å²) in [4.78, 5) is 107. The number of aromatic nitrogens is 16. The van der Waals surface area contributed by atoms with Gasteiger partial charge < -0.3 is 40.7 Å². The van der Waals surface area contributed by atoms with E-state index in [2.05, 4.69) is 154 Å². The lowest BCUT2D eigenvalue weighted by Gasteiger charge is -2.31. The number of likely N-dealkylation sites (tertiary alicyclic amines) is 5. The molecule has 0 bridgehead atoms. The first-order valence-electron chi connectivity index (χ1n) is 51.2. The minimum Gasteiger partial charge on any atom is -0.378 e. The standard InChI is InChI=1S/C29H31F2N7O.C28H31N7O.C27H29N7O2.C27H29N7O/c30-29(31)7-11-38(12-8-29)18-20-13-22(16-32-15-20)21-3-6-26-25(14-21)27(36-35-26)28(39)34-23-4-5-24(33-17-23)19-37-9-1-2-10-37;36-28(31-22-7-8-23(30-17-22)19-34-10-4-5-11-34)27-25-15-20(6-9-26(25)32-33-27)21-14-24(18-29-16-21)35-12-2-1-3-13-35;35-27(30-21-4-5-22(29-16-21)18-33-7-1-2-8-33)26-24-14-19(3-6-25(24)31-32-26)20-13-23(17-28-15-20)34-9-11-36-12-10-34;35-27(30-21-6-7-22(29-16-21)18-33-9-1-2-10-33)26-24-14-19(5-8-25(24)31-32-26)20-13-23(17-28-15-20)34-11-3-4-12-34/h3-6,13-17H,1-2,7-12,18-19H2,(H,34,39)(H,35,36);6-9,14-18H,1-5,10-13,19H2,(H,31,36)(H,32,33);3-6,13-17H,1-2,7-12,18H2,(H,30,35)(H,31,32);5-8,13-17H,1-4,9-12,18H2,(H,30,35)(H,31,32). The maximum atomic E-state index is 13.5. The second-order valence-electron chi connectivity index (χ2n) is 39.1. The van der Waals surface area contributed by atoms with Crippen LogP contribution in [0.2, 0.25) is 0 Å². The monoisotopic (exact) mass is 1960 g/mol. The summed E-state index contributed by atoms with van der Waals surface area (Å²) in [5.74, 6) is -3.67. The van der Waals surface area contributed by atoms with Gasteiger partial charge in [0.1, 0.15) is 0 Å². The number of hydrogen-bond acceptors (Lipinski definition) is 25. The lowest BCUT2D eigenvalue weighted by atomic mass is 10.0. The normalized spacial score (nSPS) is 16.8. The second kappa shape index (κ2) is 45.4. The first-order valence-corrected chi connectivity index (χ1v) is 51.2. The number of carbonyl (C=O) groups excluding carboxylic acids is 4. The van der Waals surface area contributed by atoms with Gasteiger partial charge in [0.25, 0.3) is 29.6 Å². The van der Waals surface area contributed by atoms with Crippen molar-refractivity contribution in [1.82, 2.24) is 105 Å². The Labute approximate surface area is 844 Å². The lowest BCUT2D eigenvalue weighted by Crippen LogP contribution is -2.38. The van der Waals surface area contributed by atoms with Crippen molar-refractivity contribution in [3.63, 3.8) is 0 Å². The van der Waals surface area contributed by atoms with Crippen LogP contribution < -0.4 is 36.0 Å². The molecule has 8 aliphatic rings. The van der Waals surface area contributed by atoms with Gasteiger partial charge in [-0.15, -0.1) is 0 Å². The van der Waals surface area contributed by atoms with Crippen LogP contribution in [0, 0.1) is 0 Å². The van der Waals surface area contributed by atoms with Crippen LogP contribution in [0.1, 0.15) is 167 Å². The molecular formula is C111H120F2N28O5. The van der Waals surface area contributed by atoms with Gasteiger partial charge in [-0.25, -0.2) is 8.78 Å². The zero-order chi connectivity index (χ0) is 99.1. The second-order valence-corrected chi connectivity index (χ2v) is 39.1. The van der Waals surface area contributed by atoms with Gasteiger partial charge in [-0.05, 0) is 285 Å². The molecule has 0 spiro atoms. The number of carbonyl (C=O) groups is 4. The summed E-state index contributed by atoms with van der Waals surface area (Å²) in [7, 11) is 0. The summed E-state index contributed by atoms with van der Waals surface area (Å²) in [5.41, 5.74) is 23.4. The molecule has 16 aromatic rings. The highest BCUT2D eigenvalue weighted by Crippen LogP contribution is 2.37. The number of benzene rings is 4. The first-order chi connectivity index (χ1) is 71.6. The van der Waals surface area contributed by atoms with Crippen molar-refractivity contribution in [2.24, 2.45) is 0 Å². The van der Waals surface area contributed by atoms with Gasteiger partial charge in [-0.1, -0.05) is 24.3 Å². The molecule has 12 aromatic heterocycles. The Balaban J connectivity index is 0.000000114. The topological polar surface area (TPSA) is 369 Å². The number of fused-ring (bicyclic) bond motifs is 4. The fraction of sp³-hybridized carbons (Fsp3) is 0.351. The van der Waals surface area contributed by atoms with Crippen LogP contribution in [0.25, 0.3) is 88.1 Å². The molecule has 0 unspecified atom stereocenters. The molecular weight excluding hydrogens is 1840 g/mol. The molecule has 0 radical (unpaired) electrons. The summed E-state index contributed by atoms with van der Waals surface area (Å²) in [6.45, 7) is 21.1. The molecule has 0 atom stereocenters. The van der Waals surface area contributed by atoms with Crippen LogP contribution in [0.4, 0.5) is 48.6 Å². The third-order valence-electron chi connectivity index (χ3n) is 28.6. The molecule has 24 rings (SSSR count). The van der Waals surface area contributed by atoms with Crippen LogP contribution in [0.15, 0.2) is 220 Å². The SMILES string of the molecule is O=C(Nc1ccc(CN2CCCC2)nc1)c1n[nH]c2ccc(-c3cncc(CN4CCC(F)(F)CC4)c3)cc12.O=C(Nc1ccc(CN2CCCC2)nc1)c1n[nH]c2ccc(-c3cncc(N4CCCC4)c3)cc12.O=C(Nc1ccc(CN2CCCC2)nc1)c1n[nH]c2ccc(-c3cncc(N4CCCCC4)c3)cc12.O=C(Nc1ccc(CN2CCCC2)nc1)c1n[nH]c2ccc(-c3cncc(N4CCOCC4)c3)cc12. The summed E-state index contributed by atoms with van der Waals surface area (Å²) in [5, 5.41) is 43.9. The van der Waals surface area contributed by atoms with Crippen LogP contribution in [-0.2, 0) is 37.5 Å². The number of pyridine rings is 8. The Morgan fingerprint density at radius 2 is 0.555 bits per heavy atom.